The molecule has 1 atom stereocenters. The highest BCUT2D eigenvalue weighted by atomic mass is 19.1. The second kappa shape index (κ2) is 4.99. The lowest BCUT2D eigenvalue weighted by molar-refractivity contribution is 0.235. The summed E-state index contributed by atoms with van der Waals surface area (Å²) in [4.78, 5) is 0. The fourth-order valence-electron chi connectivity index (χ4n) is 1.17. The van der Waals surface area contributed by atoms with E-state index in [4.69, 9.17) is 5.73 Å². The minimum atomic E-state index is -1.32. The first kappa shape index (κ1) is 12.9. The molecule has 0 radical (unpaired) electrons. The van der Waals surface area contributed by atoms with Gasteiger partial charge in [0.1, 0.15) is 5.67 Å². The van der Waals surface area contributed by atoms with Crippen LogP contribution in [0.4, 0.5) is 4.39 Å². The summed E-state index contributed by atoms with van der Waals surface area (Å²) in [5, 5.41) is 0. The van der Waals surface area contributed by atoms with Crippen LogP contribution < -0.4 is 5.73 Å². The molecule has 0 amide bonds. The Morgan fingerprint density at radius 2 is 1.93 bits per heavy atom. The lowest BCUT2D eigenvalue weighted by Gasteiger charge is -2.22. The van der Waals surface area contributed by atoms with E-state index in [9.17, 15) is 4.39 Å². The van der Waals surface area contributed by atoms with E-state index in [0.29, 0.717) is 17.7 Å². The van der Waals surface area contributed by atoms with E-state index in [1.54, 1.807) is 32.9 Å². The summed E-state index contributed by atoms with van der Waals surface area (Å²) in [5.74, 6) is 0. The normalized spacial score (nSPS) is 17.8. The Kier molecular flexibility index (Phi) is 4.61. The van der Waals surface area contributed by atoms with Gasteiger partial charge in [0, 0.05) is 5.70 Å². The number of rotatable bonds is 4. The molecule has 0 aliphatic heterocycles. The fourth-order valence-corrected chi connectivity index (χ4v) is 1.17. The van der Waals surface area contributed by atoms with Crippen LogP contribution in [0.1, 0.15) is 34.1 Å². The third-order valence-corrected chi connectivity index (χ3v) is 2.20. The molecule has 0 aromatic heterocycles. The molecule has 0 aromatic rings. The predicted octanol–water partition coefficient (Wildman–Crippen LogP) is 3.49. The van der Waals surface area contributed by atoms with Crippen LogP contribution in [0.25, 0.3) is 0 Å². The summed E-state index contributed by atoms with van der Waals surface area (Å²) in [6.45, 7) is 10.7. The minimum absolute atomic E-state index is 0.434. The molecule has 0 aliphatic carbocycles. The van der Waals surface area contributed by atoms with Crippen molar-refractivity contribution in [2.24, 2.45) is 5.73 Å². The zero-order valence-corrected chi connectivity index (χ0v) is 9.52. The molecule has 80 valence electrons. The second-order valence-corrected chi connectivity index (χ2v) is 3.82. The van der Waals surface area contributed by atoms with Crippen LogP contribution in [0.3, 0.4) is 0 Å². The van der Waals surface area contributed by atoms with Gasteiger partial charge in [-0.25, -0.2) is 4.39 Å². The Balaban J connectivity index is 5.06. The Hall–Kier alpha value is -1.05. The molecule has 14 heavy (non-hydrogen) atoms. The zero-order valence-electron chi connectivity index (χ0n) is 9.52. The molecule has 2 heteroatoms. The summed E-state index contributed by atoms with van der Waals surface area (Å²) in [6.07, 6.45) is 3.85. The molecule has 0 aliphatic rings. The largest absolute Gasteiger partial charge is 0.402 e. The summed E-state index contributed by atoms with van der Waals surface area (Å²) in [5.41, 5.74) is 6.19. The van der Waals surface area contributed by atoms with E-state index in [0.717, 1.165) is 5.57 Å². The summed E-state index contributed by atoms with van der Waals surface area (Å²) < 4.78 is 14.0. The molecule has 0 heterocycles. The maximum atomic E-state index is 14.0. The van der Waals surface area contributed by atoms with Crippen molar-refractivity contribution in [1.82, 2.24) is 0 Å². The molecule has 1 unspecified atom stereocenters. The van der Waals surface area contributed by atoms with Crippen molar-refractivity contribution in [2.75, 3.05) is 0 Å². The molecule has 0 spiro atoms. The van der Waals surface area contributed by atoms with Crippen molar-refractivity contribution < 1.29 is 4.39 Å². The zero-order chi connectivity index (χ0) is 11.4. The highest BCUT2D eigenvalue weighted by Gasteiger charge is 2.25. The van der Waals surface area contributed by atoms with E-state index < -0.39 is 5.67 Å². The third-order valence-electron chi connectivity index (χ3n) is 2.20. The summed E-state index contributed by atoms with van der Waals surface area (Å²) in [7, 11) is 0. The number of nitrogens with two attached hydrogens (primary N) is 1. The fraction of sp³-hybridized carbons (Fsp3) is 0.500. The van der Waals surface area contributed by atoms with Crippen molar-refractivity contribution in [3.63, 3.8) is 0 Å². The highest BCUT2D eigenvalue weighted by Crippen LogP contribution is 2.29. The van der Waals surface area contributed by atoms with Crippen LogP contribution in [0.15, 0.2) is 35.6 Å². The first-order chi connectivity index (χ1) is 6.31. The van der Waals surface area contributed by atoms with Crippen LogP contribution in [-0.2, 0) is 0 Å². The molecule has 0 aromatic carbocycles. The topological polar surface area (TPSA) is 26.0 Å². The van der Waals surface area contributed by atoms with Crippen molar-refractivity contribution in [1.29, 1.82) is 0 Å². The number of hydrogen-bond acceptors (Lipinski definition) is 1. The van der Waals surface area contributed by atoms with Crippen LogP contribution in [0, 0.1) is 0 Å². The van der Waals surface area contributed by atoms with Crippen LogP contribution in [0.2, 0.25) is 0 Å². The summed E-state index contributed by atoms with van der Waals surface area (Å²) >= 11 is 0. The molecule has 0 rings (SSSR count). The second-order valence-electron chi connectivity index (χ2n) is 3.82. The third kappa shape index (κ3) is 3.77. The number of hydrogen-bond donors (Lipinski definition) is 1. The van der Waals surface area contributed by atoms with Gasteiger partial charge in [-0.3, -0.25) is 0 Å². The van der Waals surface area contributed by atoms with E-state index in [2.05, 4.69) is 6.58 Å². The standard InChI is InChI=1S/C12H20FN/c1-6-12(5,13)11(9(2)3)8-7-10(4)14/h7-8H,2,6,14H2,1,3-5H3/b10-7+,11-8+. The van der Waals surface area contributed by atoms with Gasteiger partial charge in [-0.2, -0.15) is 0 Å². The van der Waals surface area contributed by atoms with Gasteiger partial charge in [0.15, 0.2) is 0 Å². The first-order valence-corrected chi connectivity index (χ1v) is 4.80. The van der Waals surface area contributed by atoms with Gasteiger partial charge >= 0.3 is 0 Å². The molecule has 0 fully saturated rings. The van der Waals surface area contributed by atoms with Crippen molar-refractivity contribution >= 4 is 0 Å². The van der Waals surface area contributed by atoms with Crippen molar-refractivity contribution in [2.45, 2.75) is 39.8 Å². The number of allylic oxidation sites excluding steroid dienone is 5. The predicted molar refractivity (Wildman–Crippen MR) is 60.6 cm³/mol. The molecular formula is C12H20FN. The lowest BCUT2D eigenvalue weighted by Crippen LogP contribution is -2.20. The van der Waals surface area contributed by atoms with Gasteiger partial charge in [-0.15, -0.1) is 0 Å². The number of alkyl halides is 1. The van der Waals surface area contributed by atoms with Crippen LogP contribution >= 0.6 is 0 Å². The van der Waals surface area contributed by atoms with E-state index in [1.807, 2.05) is 6.92 Å². The van der Waals surface area contributed by atoms with Gasteiger partial charge in [0.05, 0.1) is 0 Å². The summed E-state index contributed by atoms with van der Waals surface area (Å²) in [6, 6.07) is 0. The first-order valence-electron chi connectivity index (χ1n) is 4.80. The Morgan fingerprint density at radius 1 is 1.43 bits per heavy atom. The maximum absolute atomic E-state index is 14.0. The van der Waals surface area contributed by atoms with Crippen LogP contribution in [-0.4, -0.2) is 5.67 Å². The smallest absolute Gasteiger partial charge is 0.133 e. The number of halogens is 1. The molecule has 0 saturated carbocycles. The Labute approximate surface area is 86.2 Å². The van der Waals surface area contributed by atoms with Crippen molar-refractivity contribution in [3.05, 3.63) is 35.6 Å². The van der Waals surface area contributed by atoms with Crippen molar-refractivity contribution in [3.8, 4) is 0 Å². The lowest BCUT2D eigenvalue weighted by atomic mass is 9.90. The molecule has 0 saturated heterocycles. The molecule has 2 N–H and O–H groups in total. The van der Waals surface area contributed by atoms with Gasteiger partial charge in [-0.1, -0.05) is 25.2 Å². The van der Waals surface area contributed by atoms with Gasteiger partial charge in [0.25, 0.3) is 0 Å². The highest BCUT2D eigenvalue weighted by molar-refractivity contribution is 5.37. The van der Waals surface area contributed by atoms with E-state index in [-0.39, 0.29) is 0 Å². The Morgan fingerprint density at radius 3 is 2.21 bits per heavy atom. The van der Waals surface area contributed by atoms with Gasteiger partial charge in [0.2, 0.25) is 0 Å². The maximum Gasteiger partial charge on any atom is 0.133 e. The van der Waals surface area contributed by atoms with Gasteiger partial charge < -0.3 is 5.73 Å². The SMILES string of the molecule is C=C(C)/C(=C\C=C(/C)N)C(C)(F)CC. The van der Waals surface area contributed by atoms with Crippen LogP contribution in [0.5, 0.6) is 0 Å². The quantitative estimate of drug-likeness (QED) is 0.686. The molecule has 0 bridgehead atoms. The monoisotopic (exact) mass is 197 g/mol. The molecular weight excluding hydrogens is 177 g/mol. The van der Waals surface area contributed by atoms with Gasteiger partial charge in [-0.05, 0) is 38.8 Å². The average Bonchev–Trinajstić information content (AvgIpc) is 2.03. The average molecular weight is 197 g/mol. The molecule has 1 nitrogen and oxygen atoms in total. The minimum Gasteiger partial charge on any atom is -0.402 e. The Bertz CT molecular complexity index is 268. The van der Waals surface area contributed by atoms with E-state index >= 15 is 0 Å². The van der Waals surface area contributed by atoms with E-state index in [1.165, 1.54) is 0 Å².